The molecule has 7 aromatic rings. The Hall–Kier alpha value is -6.82. The molecule has 45 heteroatoms. The van der Waals surface area contributed by atoms with Crippen LogP contribution in [0.15, 0.2) is 43.8 Å². The van der Waals surface area contributed by atoms with Crippen molar-refractivity contribution in [2.45, 2.75) is 151 Å². The number of nitrogens with zero attached hydrogens (tertiary/aromatic N) is 3. The Morgan fingerprint density at radius 1 is 0.310 bits per heavy atom. The number of likely N-dealkylation sites (N-methyl/N-ethyl adjacent to an activating group) is 1. The molecule has 5 saturated heterocycles. The molecule has 7 aliphatic heterocycles. The molecule has 0 unspecified atom stereocenters. The normalized spacial score (nSPS) is 30.3. The molecule has 18 N–H and O–H groups in total. The summed E-state index contributed by atoms with van der Waals surface area (Å²) >= 11 is -1.42. The molecule has 22 atom stereocenters. The lowest BCUT2D eigenvalue weighted by Crippen LogP contribution is -2.57. The molecule has 0 aliphatic carbocycles. The minimum atomic E-state index is -2.47. The summed E-state index contributed by atoms with van der Waals surface area (Å²) in [4.78, 5) is 8.38. The highest BCUT2D eigenvalue weighted by atomic mass is 32.2. The third-order valence-electron chi connectivity index (χ3n) is 20.8. The lowest BCUT2D eigenvalue weighted by molar-refractivity contribution is -0.205. The number of H-pyrrole nitrogens is 2. The van der Waals surface area contributed by atoms with Crippen molar-refractivity contribution in [3.63, 3.8) is 0 Å². The molecule has 0 amide bonds. The Morgan fingerprint density at radius 2 is 0.526 bits per heavy atom. The van der Waals surface area contributed by atoms with Crippen molar-refractivity contribution in [2.24, 2.45) is 0 Å². The van der Waals surface area contributed by atoms with Crippen molar-refractivity contribution >= 4 is 81.3 Å². The van der Waals surface area contributed by atoms with Gasteiger partial charge in [0.25, 0.3) is 0 Å². The predicted octanol–water partition coefficient (Wildman–Crippen LogP) is 4.76. The van der Waals surface area contributed by atoms with Crippen LogP contribution in [-0.4, -0.2) is 273 Å². The summed E-state index contributed by atoms with van der Waals surface area (Å²) in [6.45, 7) is -5.55. The Labute approximate surface area is 656 Å². The molecular formula is C71H61F16N5O20S4. The number of nitrogens with one attached hydrogen (secondary N) is 2. The van der Waals surface area contributed by atoms with E-state index in [2.05, 4.69) is 19.9 Å². The van der Waals surface area contributed by atoms with Gasteiger partial charge in [0.15, 0.2) is 93.1 Å². The Morgan fingerprint density at radius 3 is 0.750 bits per heavy atom. The molecule has 116 heavy (non-hydrogen) atoms. The highest BCUT2D eigenvalue weighted by Gasteiger charge is 2.52. The van der Waals surface area contributed by atoms with Gasteiger partial charge in [-0.25, -0.2) is 75.2 Å². The molecule has 3 aromatic heterocycles. The molecule has 25 nitrogen and oxygen atoms in total. The van der Waals surface area contributed by atoms with Crippen LogP contribution >= 0.6 is 47.0 Å². The number of halogens is 16. The molecular weight excluding hydrogens is 1680 g/mol. The van der Waals surface area contributed by atoms with Crippen molar-refractivity contribution in [1.82, 2.24) is 24.8 Å². The smallest absolute Gasteiger partial charge is 0.176 e. The van der Waals surface area contributed by atoms with Crippen LogP contribution in [0.1, 0.15) is 34.6 Å². The molecule has 10 heterocycles. The van der Waals surface area contributed by atoms with E-state index in [0.29, 0.717) is 36.4 Å². The van der Waals surface area contributed by atoms with Gasteiger partial charge in [0, 0.05) is 69.2 Å². The number of aromatic amines is 2. The van der Waals surface area contributed by atoms with Gasteiger partial charge < -0.3 is 116 Å². The van der Waals surface area contributed by atoms with E-state index in [-0.39, 0.29) is 47.0 Å². The lowest BCUT2D eigenvalue weighted by Gasteiger charge is -2.39. The number of hydrogen-bond donors (Lipinski definition) is 18. The highest BCUT2D eigenvalue weighted by Crippen LogP contribution is 2.55. The van der Waals surface area contributed by atoms with Gasteiger partial charge in [-0.2, -0.15) is 0 Å². The fourth-order valence-electron chi connectivity index (χ4n) is 14.8. The molecule has 4 aromatic carbocycles. The topological polar surface area (TPSA) is 421 Å². The van der Waals surface area contributed by atoms with Gasteiger partial charge in [-0.3, -0.25) is 4.98 Å². The van der Waals surface area contributed by atoms with Crippen LogP contribution in [0.2, 0.25) is 0 Å². The van der Waals surface area contributed by atoms with Crippen molar-refractivity contribution in [3.8, 4) is 44.5 Å². The van der Waals surface area contributed by atoms with E-state index in [0.717, 1.165) is 0 Å². The SMILES string of the molecule is CN1C[C@@H]2c3nc(c(-c4c(F)c(F)c(S[C@@H]5O[C@H](CO)[C@@H](O)[C@H](O)[C@H]5O)c(F)c4F)c4ccc([nH]4)c(-c4c(F)c(F)c(S[C@@H]5O[C@H](CO)[C@@H](O)[C@H](O)[C@H]5O)c(F)c4F)c4nc(c(-c5c(F)c(F)c(S[C@@H]6O[C@H](CO)[C@@H](O)[C@H](O)[C@H]6O)c(F)c5F)c5ccc([nH]5)c3-c3c(F)c(F)c(S[C@@H]5O[C@H](CO)[C@@H](O)[C@H](O)[C@H]5O)c(F)c3F)C=C4)[C@@H]2C1. The number of thioether (sulfide) groups is 4. The zero-order valence-corrected chi connectivity index (χ0v) is 61.5. The second-order valence-corrected chi connectivity index (χ2v) is 32.1. The quantitative estimate of drug-likeness (QED) is 0.0458. The average molecular weight is 1740 g/mol. The summed E-state index contributed by atoms with van der Waals surface area (Å²) in [5.41, 5.74) is -29.3. The first-order valence-electron chi connectivity index (χ1n) is 34.4. The summed E-state index contributed by atoms with van der Waals surface area (Å²) in [7, 11) is 1.32. The molecule has 0 saturated carbocycles. The lowest BCUT2D eigenvalue weighted by atomic mass is 9.86. The van der Waals surface area contributed by atoms with Gasteiger partial charge in [-0.15, -0.1) is 0 Å². The first kappa shape index (κ1) is 85.6. The maximum Gasteiger partial charge on any atom is 0.176 e. The first-order valence-corrected chi connectivity index (χ1v) is 38.0. The van der Waals surface area contributed by atoms with Gasteiger partial charge in [0.05, 0.1) is 91.0 Å². The van der Waals surface area contributed by atoms with Crippen LogP contribution < -0.4 is 0 Å². The van der Waals surface area contributed by atoms with Crippen molar-refractivity contribution in [2.75, 3.05) is 46.6 Å². The summed E-state index contributed by atoms with van der Waals surface area (Å²) in [6.07, 6.45) is -32.8. The number of fused-ring (bicyclic) bond motifs is 11. The fourth-order valence-corrected chi connectivity index (χ4v) is 19.3. The summed E-state index contributed by atoms with van der Waals surface area (Å²) in [5, 5.41) is 167. The summed E-state index contributed by atoms with van der Waals surface area (Å²) in [6, 6.07) is 2.71. The van der Waals surface area contributed by atoms with Gasteiger partial charge in [-0.05, 0) is 43.5 Å². The van der Waals surface area contributed by atoms with Gasteiger partial charge in [0.1, 0.15) is 119 Å². The van der Waals surface area contributed by atoms with Crippen LogP contribution in [-0.2, 0) is 18.9 Å². The molecule has 7 aliphatic rings. The number of hydrogen-bond acceptors (Lipinski definition) is 27. The Balaban J connectivity index is 1.11. The van der Waals surface area contributed by atoms with Crippen LogP contribution in [0, 0.1) is 93.1 Å². The largest absolute Gasteiger partial charge is 0.394 e. The standard InChI is InChI=1S/C71H61F16N5O20S4/c1-92-8-14-15(9-92)51-29(33-40(78)48(86)67(49(87)41(33)79)116-71-63(108)59(104)55(100)25(13-96)112-71)21-7-5-19(90-21)27(31-36(74)44(82)65(45(83)37(31)75)114-69-61(106)57(102)53(98)23(11-94)110-69)17-3-2-16(88-17)26(30-34(72)42(80)64(43(81)35(30)73)113-68-60(105)56(101)52(97)22(10-93)109-68)18-4-6-20(89-18)28(50(14)91-51)32-38(76)46(84)66(47(85)39(32)77)115-70-62(107)58(103)54(99)24(12-95)111-70/h2-7,14-15,22-25,52-63,68-71,89-90,93-108H,8-13H2,1H3/t14-,15+,22-,23-,24-,25-,52-,53-,54-,55-,56+,57+,58+,59+,60-,61-,62-,63-,68+,69+,70+,71+/m1/s1. The average Bonchev–Trinajstić information content (AvgIpc) is 1.54. The van der Waals surface area contributed by atoms with Gasteiger partial charge in [0.2, 0.25) is 0 Å². The minimum Gasteiger partial charge on any atom is -0.394 e. The monoisotopic (exact) mass is 1740 g/mol. The van der Waals surface area contributed by atoms with Crippen molar-refractivity contribution in [1.29, 1.82) is 0 Å². The van der Waals surface area contributed by atoms with E-state index in [4.69, 9.17) is 18.9 Å². The van der Waals surface area contributed by atoms with E-state index in [1.54, 1.807) is 0 Å². The fraction of sp³-hybridized carbons (Fsp3) is 0.408. The third kappa shape index (κ3) is 14.2. The van der Waals surface area contributed by atoms with E-state index < -0.39 is 373 Å². The number of likely N-dealkylation sites (tertiary alicyclic amines) is 1. The number of rotatable bonds is 16. The molecule has 0 radical (unpaired) electrons. The maximum absolute atomic E-state index is 18.0. The van der Waals surface area contributed by atoms with Gasteiger partial charge in [-0.1, -0.05) is 47.0 Å². The third-order valence-corrected chi connectivity index (χ3v) is 25.6. The number of aliphatic hydroxyl groups is 16. The van der Waals surface area contributed by atoms with E-state index >= 15 is 70.2 Å². The summed E-state index contributed by atoms with van der Waals surface area (Å²) < 4.78 is 303. The second kappa shape index (κ2) is 33.0. The zero-order valence-electron chi connectivity index (χ0n) is 58.2. The number of ether oxygens (including phenoxy) is 4. The Kier molecular flexibility index (Phi) is 24.3. The number of benzene rings is 4. The minimum absolute atomic E-state index is 0.348. The summed E-state index contributed by atoms with van der Waals surface area (Å²) in [5.74, 6) is -42.2. The van der Waals surface area contributed by atoms with Crippen LogP contribution in [0.25, 0.3) is 78.7 Å². The van der Waals surface area contributed by atoms with E-state index in [1.807, 2.05) is 0 Å². The van der Waals surface area contributed by atoms with Crippen molar-refractivity contribution in [3.05, 3.63) is 140 Å². The number of aromatic nitrogens is 4. The molecule has 14 rings (SSSR count). The predicted molar refractivity (Wildman–Crippen MR) is 372 cm³/mol. The van der Waals surface area contributed by atoms with Crippen molar-refractivity contribution < 1.29 is 171 Å². The van der Waals surface area contributed by atoms with Crippen LogP contribution in [0.5, 0.6) is 0 Å². The Bertz CT molecular complexity index is 4870. The second-order valence-electron chi connectivity index (χ2n) is 27.7. The number of aliphatic hydroxyl groups excluding tert-OH is 16. The molecule has 626 valence electrons. The van der Waals surface area contributed by atoms with E-state index in [1.165, 1.54) is 11.9 Å². The highest BCUT2D eigenvalue weighted by molar-refractivity contribution is 8.00. The molecule has 5 fully saturated rings. The van der Waals surface area contributed by atoms with Gasteiger partial charge >= 0.3 is 0 Å². The zero-order chi connectivity index (χ0) is 84.0. The molecule has 0 spiro atoms. The maximum atomic E-state index is 18.0. The molecule has 8 bridgehead atoms. The van der Waals surface area contributed by atoms with Crippen LogP contribution in [0.4, 0.5) is 70.2 Å². The van der Waals surface area contributed by atoms with Crippen LogP contribution in [0.3, 0.4) is 0 Å². The first-order chi connectivity index (χ1) is 54.9. The van der Waals surface area contributed by atoms with E-state index in [9.17, 15) is 81.7 Å².